The normalized spacial score (nSPS) is 16.8. The minimum absolute atomic E-state index is 0.131. The van der Waals surface area contributed by atoms with Gasteiger partial charge < -0.3 is 4.90 Å². The zero-order valence-corrected chi connectivity index (χ0v) is 12.2. The third-order valence-electron chi connectivity index (χ3n) is 2.67. The van der Waals surface area contributed by atoms with Gasteiger partial charge in [-0.15, -0.1) is 0 Å². The maximum atomic E-state index is 4.54. The summed E-state index contributed by atoms with van der Waals surface area (Å²) < 4.78 is 0. The minimum Gasteiger partial charge on any atom is -0.378 e. The first-order valence-electron chi connectivity index (χ1n) is 6.00. The van der Waals surface area contributed by atoms with Gasteiger partial charge in [-0.3, -0.25) is 0 Å². The maximum absolute atomic E-state index is 4.54. The number of hydrogen-bond acceptors (Lipinski definition) is 4. The number of rotatable bonds is 3. The summed E-state index contributed by atoms with van der Waals surface area (Å²) in [6, 6.07) is 8.55. The summed E-state index contributed by atoms with van der Waals surface area (Å²) in [6.07, 6.45) is 1.91. The molecule has 0 saturated heterocycles. The first-order chi connectivity index (χ1) is 8.46. The molecule has 1 aromatic carbocycles. The average Bonchev–Trinajstić information content (AvgIpc) is 2.67. The standard InChI is InChI=1S/C14H19N3S/c1-14(2)10-15-13(16-14)18-9-11-6-5-7-12(8-11)17(3)4/h5-8,10H,9H2,1-4H3. The largest absolute Gasteiger partial charge is 0.378 e. The van der Waals surface area contributed by atoms with Crippen LogP contribution in [-0.2, 0) is 5.75 Å². The molecule has 0 aliphatic carbocycles. The van der Waals surface area contributed by atoms with E-state index in [2.05, 4.69) is 67.1 Å². The van der Waals surface area contributed by atoms with Crippen molar-refractivity contribution >= 4 is 28.8 Å². The molecule has 0 unspecified atom stereocenters. The number of thioether (sulfide) groups is 1. The number of amidine groups is 1. The molecule has 1 heterocycles. The topological polar surface area (TPSA) is 28.0 Å². The Bertz CT molecular complexity index is 490. The fourth-order valence-corrected chi connectivity index (χ4v) is 2.56. The third kappa shape index (κ3) is 3.35. The van der Waals surface area contributed by atoms with Crippen molar-refractivity contribution in [1.29, 1.82) is 0 Å². The highest BCUT2D eigenvalue weighted by Crippen LogP contribution is 2.23. The van der Waals surface area contributed by atoms with Crippen LogP contribution in [-0.4, -0.2) is 31.0 Å². The van der Waals surface area contributed by atoms with Crippen LogP contribution in [0.4, 0.5) is 5.69 Å². The Hall–Kier alpha value is -1.29. The molecule has 0 atom stereocenters. The molecule has 18 heavy (non-hydrogen) atoms. The van der Waals surface area contributed by atoms with Crippen molar-refractivity contribution in [2.45, 2.75) is 25.1 Å². The number of hydrogen-bond donors (Lipinski definition) is 0. The smallest absolute Gasteiger partial charge is 0.183 e. The van der Waals surface area contributed by atoms with Gasteiger partial charge >= 0.3 is 0 Å². The Kier molecular flexibility index (Phi) is 3.76. The van der Waals surface area contributed by atoms with E-state index in [1.807, 2.05) is 6.21 Å². The van der Waals surface area contributed by atoms with Gasteiger partial charge in [-0.1, -0.05) is 23.9 Å². The van der Waals surface area contributed by atoms with Gasteiger partial charge in [-0.05, 0) is 31.5 Å². The fraction of sp³-hybridized carbons (Fsp3) is 0.429. The van der Waals surface area contributed by atoms with E-state index in [4.69, 9.17) is 0 Å². The molecule has 1 aliphatic rings. The maximum Gasteiger partial charge on any atom is 0.183 e. The predicted octanol–water partition coefficient (Wildman–Crippen LogP) is 3.20. The van der Waals surface area contributed by atoms with Crippen molar-refractivity contribution in [3.8, 4) is 0 Å². The van der Waals surface area contributed by atoms with Gasteiger partial charge in [-0.25, -0.2) is 9.98 Å². The Labute approximate surface area is 113 Å². The Balaban J connectivity index is 1.99. The summed E-state index contributed by atoms with van der Waals surface area (Å²) in [5.74, 6) is 0.911. The number of anilines is 1. The molecular formula is C14H19N3S. The summed E-state index contributed by atoms with van der Waals surface area (Å²) in [7, 11) is 4.11. The SMILES string of the molecule is CN(C)c1cccc(CSC2=NC(C)(C)C=N2)c1. The number of benzene rings is 1. The van der Waals surface area contributed by atoms with Crippen LogP contribution < -0.4 is 4.90 Å². The molecule has 4 heteroatoms. The van der Waals surface area contributed by atoms with Crippen molar-refractivity contribution < 1.29 is 0 Å². The molecule has 0 fully saturated rings. The second-order valence-corrected chi connectivity index (χ2v) is 6.10. The summed E-state index contributed by atoms with van der Waals surface area (Å²) in [6.45, 7) is 4.13. The first-order valence-corrected chi connectivity index (χ1v) is 6.99. The summed E-state index contributed by atoms with van der Waals surface area (Å²) >= 11 is 1.69. The molecule has 0 aromatic heterocycles. The molecule has 0 saturated carbocycles. The molecule has 1 aliphatic heterocycles. The molecule has 0 bridgehead atoms. The molecule has 96 valence electrons. The lowest BCUT2D eigenvalue weighted by atomic mass is 10.1. The molecule has 3 nitrogen and oxygen atoms in total. The lowest BCUT2D eigenvalue weighted by Gasteiger charge is -2.13. The Morgan fingerprint density at radius 1 is 1.28 bits per heavy atom. The van der Waals surface area contributed by atoms with Crippen molar-refractivity contribution in [3.63, 3.8) is 0 Å². The van der Waals surface area contributed by atoms with E-state index in [0.717, 1.165) is 10.9 Å². The third-order valence-corrected chi connectivity index (χ3v) is 3.60. The van der Waals surface area contributed by atoms with Gasteiger partial charge in [-0.2, -0.15) is 0 Å². The summed E-state index contributed by atoms with van der Waals surface area (Å²) in [5, 5.41) is 0.884. The lowest BCUT2D eigenvalue weighted by molar-refractivity contribution is 0.732. The van der Waals surface area contributed by atoms with Crippen molar-refractivity contribution in [2.24, 2.45) is 9.98 Å². The van der Waals surface area contributed by atoms with E-state index in [0.29, 0.717) is 0 Å². The fourth-order valence-electron chi connectivity index (χ4n) is 1.66. The van der Waals surface area contributed by atoms with Gasteiger partial charge in [0.05, 0.1) is 5.54 Å². The molecule has 0 radical (unpaired) electrons. The zero-order chi connectivity index (χ0) is 13.2. The zero-order valence-electron chi connectivity index (χ0n) is 11.3. The van der Waals surface area contributed by atoms with Gasteiger partial charge in [0.25, 0.3) is 0 Å². The van der Waals surface area contributed by atoms with Crippen LogP contribution in [0.3, 0.4) is 0 Å². The van der Waals surface area contributed by atoms with Crippen LogP contribution >= 0.6 is 11.8 Å². The van der Waals surface area contributed by atoms with Gasteiger partial charge in [0, 0.05) is 31.8 Å². The Morgan fingerprint density at radius 3 is 2.67 bits per heavy atom. The molecular weight excluding hydrogens is 242 g/mol. The van der Waals surface area contributed by atoms with E-state index in [1.165, 1.54) is 11.3 Å². The number of aliphatic imine (C=N–C) groups is 2. The van der Waals surface area contributed by atoms with E-state index < -0.39 is 0 Å². The highest BCUT2D eigenvalue weighted by molar-refractivity contribution is 8.13. The quantitative estimate of drug-likeness (QED) is 0.835. The van der Waals surface area contributed by atoms with Crippen LogP contribution in [0.2, 0.25) is 0 Å². The average molecular weight is 261 g/mol. The van der Waals surface area contributed by atoms with E-state index in [1.54, 1.807) is 11.8 Å². The minimum atomic E-state index is -0.131. The Morgan fingerprint density at radius 2 is 2.06 bits per heavy atom. The van der Waals surface area contributed by atoms with Crippen LogP contribution in [0.25, 0.3) is 0 Å². The van der Waals surface area contributed by atoms with Crippen LogP contribution in [0, 0.1) is 0 Å². The van der Waals surface area contributed by atoms with E-state index in [-0.39, 0.29) is 5.54 Å². The highest BCUT2D eigenvalue weighted by atomic mass is 32.2. The first kappa shape index (κ1) is 13.1. The molecule has 0 spiro atoms. The molecule has 1 aromatic rings. The highest BCUT2D eigenvalue weighted by Gasteiger charge is 2.20. The van der Waals surface area contributed by atoms with Gasteiger partial charge in [0.15, 0.2) is 5.17 Å². The van der Waals surface area contributed by atoms with Crippen molar-refractivity contribution in [1.82, 2.24) is 0 Å². The van der Waals surface area contributed by atoms with Crippen molar-refractivity contribution in [3.05, 3.63) is 29.8 Å². The van der Waals surface area contributed by atoms with Gasteiger partial charge in [0.1, 0.15) is 0 Å². The van der Waals surface area contributed by atoms with Crippen LogP contribution in [0.5, 0.6) is 0 Å². The molecule has 0 amide bonds. The van der Waals surface area contributed by atoms with Crippen LogP contribution in [0.1, 0.15) is 19.4 Å². The molecule has 0 N–H and O–H groups in total. The van der Waals surface area contributed by atoms with E-state index >= 15 is 0 Å². The van der Waals surface area contributed by atoms with Gasteiger partial charge in [0.2, 0.25) is 0 Å². The summed E-state index contributed by atoms with van der Waals surface area (Å²) in [5.41, 5.74) is 2.40. The monoisotopic (exact) mass is 261 g/mol. The van der Waals surface area contributed by atoms with Crippen LogP contribution in [0.15, 0.2) is 34.3 Å². The second kappa shape index (κ2) is 5.14. The summed E-state index contributed by atoms with van der Waals surface area (Å²) in [4.78, 5) is 11.0. The van der Waals surface area contributed by atoms with E-state index in [9.17, 15) is 0 Å². The lowest BCUT2D eigenvalue weighted by Crippen LogP contribution is -2.14. The predicted molar refractivity (Wildman–Crippen MR) is 82.1 cm³/mol. The second-order valence-electron chi connectivity index (χ2n) is 5.16. The number of nitrogens with zero attached hydrogens (tertiary/aromatic N) is 3. The molecule has 2 rings (SSSR count). The van der Waals surface area contributed by atoms with Crippen molar-refractivity contribution in [2.75, 3.05) is 19.0 Å².